The number of carbonyl (C=O) groups excluding carboxylic acids is 1. The normalized spacial score (nSPS) is 13.2. The number of hydrogen-bond acceptors (Lipinski definition) is 5. The Balaban J connectivity index is 2.35. The Hall–Kier alpha value is -2.92. The first-order valence-electron chi connectivity index (χ1n) is 8.78. The Morgan fingerprint density at radius 3 is 2.59 bits per heavy atom. The first kappa shape index (κ1) is 22.4. The fraction of sp³-hybridized carbons (Fsp3) is 0.350. The predicted molar refractivity (Wildman–Crippen MR) is 106 cm³/mol. The first-order chi connectivity index (χ1) is 13.5. The maximum atomic E-state index is 14.4. The van der Waals surface area contributed by atoms with Crippen molar-refractivity contribution in [1.82, 2.24) is 10.3 Å². The highest BCUT2D eigenvalue weighted by Crippen LogP contribution is 2.27. The molecule has 2 aromatic rings. The Kier molecular flexibility index (Phi) is 6.98. The standard InChI is InChI=1S/C20H21ClF2N4O2/c1-11(25-19(28)29-20(2,3)4)16(12-6-5-7-14(22)8-12)26-18-15(23)9-13(10-24)17(21)27-18/h5-9,11,16H,1-4H3,(H,25,28)(H,26,27)/t11-,16-/m0/s1. The van der Waals surface area contributed by atoms with Gasteiger partial charge in [0.25, 0.3) is 0 Å². The van der Waals surface area contributed by atoms with Gasteiger partial charge in [-0.25, -0.2) is 18.6 Å². The zero-order chi connectivity index (χ0) is 21.8. The number of pyridine rings is 1. The lowest BCUT2D eigenvalue weighted by atomic mass is 10.00. The van der Waals surface area contributed by atoms with E-state index in [1.807, 2.05) is 0 Å². The Morgan fingerprint density at radius 1 is 1.31 bits per heavy atom. The third-order valence-corrected chi connectivity index (χ3v) is 4.08. The van der Waals surface area contributed by atoms with Crippen LogP contribution in [0.25, 0.3) is 0 Å². The number of nitrogens with zero attached hydrogens (tertiary/aromatic N) is 2. The lowest BCUT2D eigenvalue weighted by Crippen LogP contribution is -2.42. The lowest BCUT2D eigenvalue weighted by Gasteiger charge is -2.28. The van der Waals surface area contributed by atoms with Crippen LogP contribution >= 0.6 is 11.6 Å². The van der Waals surface area contributed by atoms with Crippen LogP contribution in [-0.2, 0) is 4.74 Å². The van der Waals surface area contributed by atoms with Crippen molar-refractivity contribution >= 4 is 23.5 Å². The molecule has 1 heterocycles. The molecule has 1 aromatic heterocycles. The second-order valence-electron chi connectivity index (χ2n) is 7.38. The van der Waals surface area contributed by atoms with Gasteiger partial charge in [0, 0.05) is 0 Å². The highest BCUT2D eigenvalue weighted by Gasteiger charge is 2.26. The van der Waals surface area contributed by atoms with Crippen molar-refractivity contribution in [2.45, 2.75) is 45.4 Å². The molecule has 0 spiro atoms. The minimum absolute atomic E-state index is 0.114. The quantitative estimate of drug-likeness (QED) is 0.665. The molecule has 0 aliphatic rings. The summed E-state index contributed by atoms with van der Waals surface area (Å²) in [5.41, 5.74) is -0.382. The van der Waals surface area contributed by atoms with E-state index in [1.54, 1.807) is 39.8 Å². The average Bonchev–Trinajstić information content (AvgIpc) is 2.60. The molecule has 6 nitrogen and oxygen atoms in total. The van der Waals surface area contributed by atoms with Gasteiger partial charge in [0.05, 0.1) is 17.6 Å². The number of hydrogen-bond donors (Lipinski definition) is 2. The third-order valence-electron chi connectivity index (χ3n) is 3.79. The largest absolute Gasteiger partial charge is 0.444 e. The van der Waals surface area contributed by atoms with Crippen LogP contribution in [0, 0.1) is 23.0 Å². The monoisotopic (exact) mass is 422 g/mol. The van der Waals surface area contributed by atoms with Crippen LogP contribution in [0.1, 0.15) is 44.9 Å². The highest BCUT2D eigenvalue weighted by atomic mass is 35.5. The topological polar surface area (TPSA) is 87.0 Å². The van der Waals surface area contributed by atoms with Gasteiger partial charge in [0.15, 0.2) is 11.6 Å². The number of benzene rings is 1. The molecule has 1 amide bonds. The molecule has 29 heavy (non-hydrogen) atoms. The summed E-state index contributed by atoms with van der Waals surface area (Å²) >= 11 is 5.90. The first-order valence-corrected chi connectivity index (χ1v) is 9.15. The molecular weight excluding hydrogens is 402 g/mol. The number of anilines is 1. The molecule has 0 aliphatic carbocycles. The molecule has 0 unspecified atom stereocenters. The molecule has 0 radical (unpaired) electrons. The number of halogens is 3. The number of rotatable bonds is 5. The molecule has 1 aromatic carbocycles. The zero-order valence-corrected chi connectivity index (χ0v) is 17.1. The number of aromatic nitrogens is 1. The summed E-state index contributed by atoms with van der Waals surface area (Å²) in [4.78, 5) is 16.0. The Labute approximate surface area is 172 Å². The fourth-order valence-electron chi connectivity index (χ4n) is 2.57. The fourth-order valence-corrected chi connectivity index (χ4v) is 2.75. The SMILES string of the molecule is C[C@H](NC(=O)OC(C)(C)C)[C@H](Nc1nc(Cl)c(C#N)cc1F)c1cccc(F)c1. The van der Waals surface area contributed by atoms with E-state index in [9.17, 15) is 13.6 Å². The van der Waals surface area contributed by atoms with Crippen LogP contribution in [0.4, 0.5) is 19.4 Å². The summed E-state index contributed by atoms with van der Waals surface area (Å²) in [5.74, 6) is -1.54. The van der Waals surface area contributed by atoms with Crippen molar-refractivity contribution < 1.29 is 18.3 Å². The van der Waals surface area contributed by atoms with Crippen LogP contribution in [0.5, 0.6) is 0 Å². The van der Waals surface area contributed by atoms with Gasteiger partial charge in [0.2, 0.25) is 0 Å². The van der Waals surface area contributed by atoms with Crippen molar-refractivity contribution in [2.75, 3.05) is 5.32 Å². The van der Waals surface area contributed by atoms with Crippen molar-refractivity contribution in [3.8, 4) is 6.07 Å². The van der Waals surface area contributed by atoms with Crippen LogP contribution in [0.15, 0.2) is 30.3 Å². The van der Waals surface area contributed by atoms with E-state index in [4.69, 9.17) is 21.6 Å². The molecular formula is C20H21ClF2N4O2. The van der Waals surface area contributed by atoms with Gasteiger partial charge in [-0.05, 0) is 51.5 Å². The van der Waals surface area contributed by atoms with Crippen LogP contribution in [0.2, 0.25) is 5.15 Å². The molecule has 0 saturated heterocycles. The molecule has 2 atom stereocenters. The molecule has 0 aliphatic heterocycles. The van der Waals surface area contributed by atoms with Gasteiger partial charge in [0.1, 0.15) is 22.6 Å². The summed E-state index contributed by atoms with van der Waals surface area (Å²) in [6.45, 7) is 6.81. The number of alkyl carbamates (subject to hydrolysis) is 1. The summed E-state index contributed by atoms with van der Waals surface area (Å²) in [6.07, 6.45) is -0.681. The van der Waals surface area contributed by atoms with Gasteiger partial charge < -0.3 is 15.4 Å². The molecule has 0 bridgehead atoms. The van der Waals surface area contributed by atoms with E-state index in [0.717, 1.165) is 6.07 Å². The van der Waals surface area contributed by atoms with Crippen molar-refractivity contribution in [3.63, 3.8) is 0 Å². The van der Waals surface area contributed by atoms with Crippen LogP contribution in [0.3, 0.4) is 0 Å². The Bertz CT molecular complexity index is 941. The number of carbonyl (C=O) groups is 1. The second-order valence-corrected chi connectivity index (χ2v) is 7.74. The number of nitrogens with one attached hydrogen (secondary N) is 2. The van der Waals surface area contributed by atoms with E-state index in [1.165, 1.54) is 18.2 Å². The molecule has 2 N–H and O–H groups in total. The van der Waals surface area contributed by atoms with Gasteiger partial charge >= 0.3 is 6.09 Å². The zero-order valence-electron chi connectivity index (χ0n) is 16.4. The van der Waals surface area contributed by atoms with E-state index >= 15 is 0 Å². The summed E-state index contributed by atoms with van der Waals surface area (Å²) in [6, 6.07) is 6.91. The van der Waals surface area contributed by atoms with Gasteiger partial charge in [-0.15, -0.1) is 0 Å². The molecule has 0 saturated carbocycles. The third kappa shape index (κ3) is 6.29. The van der Waals surface area contributed by atoms with Gasteiger partial charge in [-0.3, -0.25) is 0 Å². The minimum atomic E-state index is -0.808. The predicted octanol–water partition coefficient (Wildman–Crippen LogP) is 4.95. The van der Waals surface area contributed by atoms with Crippen LogP contribution in [-0.4, -0.2) is 22.7 Å². The van der Waals surface area contributed by atoms with Crippen molar-refractivity contribution in [1.29, 1.82) is 5.26 Å². The van der Waals surface area contributed by atoms with E-state index in [0.29, 0.717) is 5.56 Å². The van der Waals surface area contributed by atoms with Crippen LogP contribution < -0.4 is 10.6 Å². The lowest BCUT2D eigenvalue weighted by molar-refractivity contribution is 0.0503. The number of amides is 1. The number of ether oxygens (including phenoxy) is 1. The second kappa shape index (κ2) is 9.05. The van der Waals surface area contributed by atoms with E-state index < -0.39 is 35.4 Å². The van der Waals surface area contributed by atoms with E-state index in [-0.39, 0.29) is 16.5 Å². The average molecular weight is 423 g/mol. The molecule has 0 fully saturated rings. The molecule has 154 valence electrons. The highest BCUT2D eigenvalue weighted by molar-refractivity contribution is 6.30. The number of nitriles is 1. The maximum Gasteiger partial charge on any atom is 0.407 e. The summed E-state index contributed by atoms with van der Waals surface area (Å²) in [5, 5.41) is 14.2. The van der Waals surface area contributed by atoms with Crippen molar-refractivity contribution in [2.24, 2.45) is 0 Å². The summed E-state index contributed by atoms with van der Waals surface area (Å²) in [7, 11) is 0. The smallest absolute Gasteiger partial charge is 0.407 e. The van der Waals surface area contributed by atoms with Gasteiger partial charge in [-0.2, -0.15) is 5.26 Å². The van der Waals surface area contributed by atoms with Gasteiger partial charge in [-0.1, -0.05) is 23.7 Å². The Morgan fingerprint density at radius 2 is 2.00 bits per heavy atom. The maximum absolute atomic E-state index is 14.4. The summed E-state index contributed by atoms with van der Waals surface area (Å²) < 4.78 is 33.4. The van der Waals surface area contributed by atoms with Crippen molar-refractivity contribution in [3.05, 3.63) is 58.2 Å². The van der Waals surface area contributed by atoms with E-state index in [2.05, 4.69) is 15.6 Å². The molecule has 9 heteroatoms. The minimum Gasteiger partial charge on any atom is -0.444 e. The molecule has 2 rings (SSSR count).